The average molecular weight is 148 g/mol. The van der Waals surface area contributed by atoms with Gasteiger partial charge in [0.15, 0.2) is 0 Å². The Bertz CT molecular complexity index is 14.4. The molecule has 0 bridgehead atoms. The predicted molar refractivity (Wildman–Crippen MR) is 18.8 cm³/mol. The number of nitrogens with zero attached hydrogens (tertiary/aromatic N) is 1. The molecule has 5 heavy (non-hydrogen) atoms. The summed E-state index contributed by atoms with van der Waals surface area (Å²) in [6, 6.07) is 0. The summed E-state index contributed by atoms with van der Waals surface area (Å²) in [6.45, 7) is 3.50. The molecule has 0 aliphatic carbocycles. The van der Waals surface area contributed by atoms with Crippen LogP contribution in [0.4, 0.5) is 0 Å². The Hall–Kier alpha value is 1.61. The van der Waals surface area contributed by atoms with Gasteiger partial charge in [-0.15, -0.1) is 0 Å². The van der Waals surface area contributed by atoms with Gasteiger partial charge in [0.1, 0.15) is 0 Å². The molecule has 0 aromatic heterocycles. The van der Waals surface area contributed by atoms with Gasteiger partial charge >= 0.3 is 51.4 Å². The van der Waals surface area contributed by atoms with Gasteiger partial charge in [0.25, 0.3) is 0 Å². The van der Waals surface area contributed by atoms with Crippen molar-refractivity contribution in [2.24, 2.45) is 0 Å². The molecule has 1 radical (unpaired) electrons. The van der Waals surface area contributed by atoms with Crippen LogP contribution in [0.2, 0.25) is 0 Å². The van der Waals surface area contributed by atoms with Gasteiger partial charge in [0.05, 0.1) is 0 Å². The van der Waals surface area contributed by atoms with Crippen LogP contribution >= 0.6 is 0 Å². The van der Waals surface area contributed by atoms with Gasteiger partial charge in [-0.25, -0.2) is 5.26 Å². The van der Waals surface area contributed by atoms with Gasteiger partial charge < -0.3 is 6.15 Å². The first-order chi connectivity index (χ1) is 1.00. The molecule has 31 valence electrons. The molecule has 0 unspecified atom stereocenters. The molecule has 3 N–H and O–H groups in total. The normalized spacial score (nSPS) is 0.400. The van der Waals surface area contributed by atoms with E-state index in [4.69, 9.17) is 5.26 Å². The van der Waals surface area contributed by atoms with Gasteiger partial charge in [0.2, 0.25) is 0 Å². The van der Waals surface area contributed by atoms with Crippen molar-refractivity contribution in [2.45, 2.75) is 0 Å². The Labute approximate surface area is 84.8 Å². The zero-order chi connectivity index (χ0) is 2.00. The maximum atomic E-state index is 6.50. The van der Waals surface area contributed by atoms with E-state index in [2.05, 4.69) is 6.57 Å². The Kier molecular flexibility index (Phi) is 282. The first-order valence-electron chi connectivity index (χ1n) is 0.258. The first-order valence-corrected chi connectivity index (χ1v) is 0.258. The predicted octanol–water partition coefficient (Wildman–Crippen LogP) is -0.349. The van der Waals surface area contributed by atoms with E-state index >= 15 is 0 Å². The van der Waals surface area contributed by atoms with Crippen molar-refractivity contribution >= 4 is 51.4 Å². The van der Waals surface area contributed by atoms with Crippen LogP contribution in [0, 0.1) is 11.8 Å². The van der Waals surface area contributed by atoms with Crippen molar-refractivity contribution in [1.29, 1.82) is 5.26 Å². The van der Waals surface area contributed by atoms with E-state index in [1.807, 2.05) is 0 Å². The average Bonchev–Trinajstić information content (AvgIpc) is 1.00. The fraction of sp³-hybridized carbons (Fsp3) is 0. The van der Waals surface area contributed by atoms with Crippen molar-refractivity contribution in [3.8, 4) is 6.57 Å². The molecule has 0 heterocycles. The van der Waals surface area contributed by atoms with Crippen LogP contribution in [-0.2, 0) is 17.1 Å². The molecule has 0 rings (SSSR count). The van der Waals surface area contributed by atoms with E-state index in [1.165, 1.54) is 0 Å². The second-order valence-electron chi connectivity index (χ2n) is 0. The summed E-state index contributed by atoms with van der Waals surface area (Å²) in [5.74, 6) is 0. The van der Waals surface area contributed by atoms with Crippen molar-refractivity contribution in [3.05, 3.63) is 0 Å². The molecule has 0 saturated heterocycles. The molecule has 0 fully saturated rings. The molecular formula is CH5CuKN2. The SMILES string of the molecule is C#N.N.[Cu].[KH]. The van der Waals surface area contributed by atoms with Crippen molar-refractivity contribution in [2.75, 3.05) is 0 Å². The molecule has 4 heteroatoms. The fourth-order valence-electron chi connectivity index (χ4n) is 0. The number of nitriles is 1. The van der Waals surface area contributed by atoms with E-state index in [9.17, 15) is 0 Å². The Morgan fingerprint density at radius 3 is 1.20 bits per heavy atom. The summed E-state index contributed by atoms with van der Waals surface area (Å²) in [7, 11) is 0. The minimum atomic E-state index is 0. The zero-order valence-corrected chi connectivity index (χ0v) is 2.97. The van der Waals surface area contributed by atoms with E-state index < -0.39 is 0 Å². The van der Waals surface area contributed by atoms with Crippen LogP contribution in [0.1, 0.15) is 0 Å². The Balaban J connectivity index is -0.00000000167. The molecule has 0 aliphatic rings. The third-order valence-corrected chi connectivity index (χ3v) is 0. The summed E-state index contributed by atoms with van der Waals surface area (Å²) in [6.07, 6.45) is 0. The number of hydrogen-bond donors (Lipinski definition) is 1. The quantitative estimate of drug-likeness (QED) is 0.477. The third kappa shape index (κ3) is 28.3. The van der Waals surface area contributed by atoms with Crippen LogP contribution in [0.3, 0.4) is 0 Å². The molecule has 2 nitrogen and oxygen atoms in total. The Morgan fingerprint density at radius 2 is 1.20 bits per heavy atom. The summed E-state index contributed by atoms with van der Waals surface area (Å²) in [5.41, 5.74) is 0. The Morgan fingerprint density at radius 1 is 1.20 bits per heavy atom. The van der Waals surface area contributed by atoms with Gasteiger partial charge in [0, 0.05) is 23.6 Å². The van der Waals surface area contributed by atoms with E-state index in [1.54, 1.807) is 0 Å². The monoisotopic (exact) mass is 147 g/mol. The fourth-order valence-corrected chi connectivity index (χ4v) is 0. The van der Waals surface area contributed by atoms with E-state index in [0.29, 0.717) is 0 Å². The topological polar surface area (TPSA) is 58.8 Å². The van der Waals surface area contributed by atoms with Crippen LogP contribution in [-0.4, -0.2) is 51.4 Å². The maximum absolute atomic E-state index is 6.50. The molecule has 0 aliphatic heterocycles. The minimum absolute atomic E-state index is 0. The van der Waals surface area contributed by atoms with Crippen molar-refractivity contribution in [1.82, 2.24) is 6.15 Å². The van der Waals surface area contributed by atoms with Crippen LogP contribution in [0.25, 0.3) is 0 Å². The molecule has 0 amide bonds. The first kappa shape index (κ1) is 30.6. The molecular weight excluding hydrogens is 143 g/mol. The van der Waals surface area contributed by atoms with E-state index in [0.717, 1.165) is 0 Å². The standard InChI is InChI=1S/CHN.Cu.K.H3N.H/c1-2;;;;/h1H;;;1H3;. The van der Waals surface area contributed by atoms with Gasteiger partial charge in [-0.2, -0.15) is 0 Å². The van der Waals surface area contributed by atoms with E-state index in [-0.39, 0.29) is 74.6 Å². The summed E-state index contributed by atoms with van der Waals surface area (Å²) in [5, 5.41) is 6.50. The summed E-state index contributed by atoms with van der Waals surface area (Å²) in [4.78, 5) is 0. The van der Waals surface area contributed by atoms with Gasteiger partial charge in [-0.05, 0) is 0 Å². The van der Waals surface area contributed by atoms with Crippen molar-refractivity contribution < 1.29 is 17.1 Å². The van der Waals surface area contributed by atoms with Gasteiger partial charge in [-0.3, -0.25) is 0 Å². The molecule has 0 saturated carbocycles. The van der Waals surface area contributed by atoms with Crippen LogP contribution in [0.5, 0.6) is 0 Å². The second-order valence-corrected chi connectivity index (χ2v) is 0. The second kappa shape index (κ2) is 46.1. The zero-order valence-electron chi connectivity index (χ0n) is 2.03. The van der Waals surface area contributed by atoms with Crippen LogP contribution in [0.15, 0.2) is 0 Å². The number of rotatable bonds is 0. The third-order valence-electron chi connectivity index (χ3n) is 0. The molecule has 0 spiro atoms. The molecule has 0 atom stereocenters. The van der Waals surface area contributed by atoms with Crippen molar-refractivity contribution in [3.63, 3.8) is 0 Å². The molecule has 0 aromatic rings. The summed E-state index contributed by atoms with van der Waals surface area (Å²) >= 11 is 0. The number of hydrogen-bond acceptors (Lipinski definition) is 2. The summed E-state index contributed by atoms with van der Waals surface area (Å²) < 4.78 is 0. The molecule has 0 aromatic carbocycles. The van der Waals surface area contributed by atoms with Crippen LogP contribution < -0.4 is 6.15 Å². The van der Waals surface area contributed by atoms with Gasteiger partial charge in [-0.1, -0.05) is 0 Å².